The summed E-state index contributed by atoms with van der Waals surface area (Å²) in [4.78, 5) is 71.7. The van der Waals surface area contributed by atoms with E-state index in [1.807, 2.05) is 6.92 Å². The highest BCUT2D eigenvalue weighted by atomic mass is 16.3. The topological polar surface area (TPSA) is 150 Å². The Labute approximate surface area is 208 Å². The zero-order valence-electron chi connectivity index (χ0n) is 20.1. The van der Waals surface area contributed by atoms with E-state index in [-0.39, 0.29) is 41.4 Å². The number of benzene rings is 2. The van der Waals surface area contributed by atoms with Gasteiger partial charge in [0.1, 0.15) is 11.6 Å². The molecular formula is C26H23N5O6. The van der Waals surface area contributed by atoms with Gasteiger partial charge in [-0.15, -0.1) is 0 Å². The summed E-state index contributed by atoms with van der Waals surface area (Å²) >= 11 is 0. The molecule has 3 heterocycles. The Morgan fingerprint density at radius 1 is 0.946 bits per heavy atom. The molecule has 5 rings (SSSR count). The van der Waals surface area contributed by atoms with Crippen LogP contribution in [0.1, 0.15) is 32.6 Å². The van der Waals surface area contributed by atoms with Gasteiger partial charge in [-0.3, -0.25) is 33.8 Å². The van der Waals surface area contributed by atoms with Crippen LogP contribution in [0, 0.1) is 6.92 Å². The van der Waals surface area contributed by atoms with Crippen LogP contribution in [0.4, 0.5) is 17.3 Å². The maximum absolute atomic E-state index is 13.7. The van der Waals surface area contributed by atoms with E-state index in [1.165, 1.54) is 11.9 Å². The Morgan fingerprint density at radius 2 is 1.62 bits per heavy atom. The van der Waals surface area contributed by atoms with Crippen molar-refractivity contribution in [2.45, 2.75) is 19.8 Å². The molecule has 0 spiro atoms. The fourth-order valence-corrected chi connectivity index (χ4v) is 4.49. The molecule has 11 nitrogen and oxygen atoms in total. The number of aryl methyl sites for hydroxylation is 1. The lowest BCUT2D eigenvalue weighted by Gasteiger charge is -2.33. The number of H-pyrrole nitrogens is 2. The van der Waals surface area contributed by atoms with Gasteiger partial charge in [0.2, 0.25) is 0 Å². The number of carbonyl (C=O) groups excluding carboxylic acids is 1. The predicted octanol–water partition coefficient (Wildman–Crippen LogP) is 0.829. The van der Waals surface area contributed by atoms with E-state index < -0.39 is 28.4 Å². The summed E-state index contributed by atoms with van der Waals surface area (Å²) in [6, 6.07) is 13.4. The van der Waals surface area contributed by atoms with Gasteiger partial charge < -0.3 is 5.11 Å². The normalized spacial score (nSPS) is 12.2. The molecule has 2 aromatic heterocycles. The van der Waals surface area contributed by atoms with Gasteiger partial charge in [-0.2, -0.15) is 0 Å². The molecule has 11 heteroatoms. The first-order valence-electron chi connectivity index (χ1n) is 11.5. The second kappa shape index (κ2) is 9.03. The lowest BCUT2D eigenvalue weighted by molar-refractivity contribution is 0.0954. The minimum absolute atomic E-state index is 0.0482. The van der Waals surface area contributed by atoms with E-state index >= 15 is 0 Å². The number of carbonyl (C=O) groups is 1. The molecule has 0 saturated heterocycles. The minimum atomic E-state index is -0.869. The van der Waals surface area contributed by atoms with Gasteiger partial charge >= 0.3 is 11.4 Å². The van der Waals surface area contributed by atoms with Crippen LogP contribution in [-0.4, -0.2) is 36.7 Å². The summed E-state index contributed by atoms with van der Waals surface area (Å²) in [6.07, 6.45) is 0.200. The number of nitrogens with one attached hydrogen (secondary N) is 2. The molecule has 0 bridgehead atoms. The minimum Gasteiger partial charge on any atom is -0.396 e. The lowest BCUT2D eigenvalue weighted by atomic mass is 10.0. The van der Waals surface area contributed by atoms with Crippen molar-refractivity contribution in [3.8, 4) is 0 Å². The smallest absolute Gasteiger partial charge is 0.339 e. The zero-order chi connectivity index (χ0) is 26.4. The van der Waals surface area contributed by atoms with Crippen LogP contribution < -0.4 is 27.4 Å². The quantitative estimate of drug-likeness (QED) is 0.330. The van der Waals surface area contributed by atoms with E-state index in [4.69, 9.17) is 0 Å². The Kier molecular flexibility index (Phi) is 5.84. The van der Waals surface area contributed by atoms with Gasteiger partial charge in [-0.25, -0.2) is 14.2 Å². The first-order chi connectivity index (χ1) is 17.7. The monoisotopic (exact) mass is 501 g/mol. The van der Waals surface area contributed by atoms with E-state index in [0.29, 0.717) is 12.1 Å². The average molecular weight is 501 g/mol. The Balaban J connectivity index is 1.86. The van der Waals surface area contributed by atoms with Crippen LogP contribution >= 0.6 is 0 Å². The number of aromatic nitrogens is 4. The standard InChI is InChI=1S/C26H23N5O6/c1-14-3-7-16(8-4-14)23(34)31-22-19(24(35)29(2)26(31)37)13-18-20(27-25(36)28-21(18)33)30(22)17-9-5-15(6-10-17)11-12-32/h3-10,32H,11-13H2,1-2H3,(H2,27,28,33,36). The first kappa shape index (κ1) is 23.9. The van der Waals surface area contributed by atoms with Crippen LogP contribution in [0.5, 0.6) is 0 Å². The van der Waals surface area contributed by atoms with Crippen molar-refractivity contribution in [2.24, 2.45) is 7.05 Å². The Bertz CT molecular complexity index is 1780. The second-order valence-electron chi connectivity index (χ2n) is 8.84. The number of aromatic amines is 2. The summed E-state index contributed by atoms with van der Waals surface area (Å²) in [5.41, 5.74) is -0.489. The van der Waals surface area contributed by atoms with Gasteiger partial charge in [-0.1, -0.05) is 29.8 Å². The lowest BCUT2D eigenvalue weighted by Crippen LogP contribution is -2.47. The van der Waals surface area contributed by atoms with Crippen molar-refractivity contribution in [1.29, 1.82) is 0 Å². The van der Waals surface area contributed by atoms with Gasteiger partial charge in [0.15, 0.2) is 0 Å². The number of rotatable bonds is 4. The number of aliphatic hydroxyl groups is 1. The van der Waals surface area contributed by atoms with Gasteiger partial charge in [0, 0.05) is 31.3 Å². The molecule has 4 aromatic rings. The SMILES string of the molecule is Cc1ccc(C(=O)n2c3c(c(=O)n(C)c2=O)Cc2c([nH]c(=O)[nH]c2=O)N3c2ccc(CCO)cc2)cc1. The number of aliphatic hydroxyl groups excluding tert-OH is 1. The van der Waals surface area contributed by atoms with E-state index in [9.17, 15) is 29.1 Å². The molecule has 0 radical (unpaired) electrons. The summed E-state index contributed by atoms with van der Waals surface area (Å²) in [7, 11) is 1.27. The van der Waals surface area contributed by atoms with Crippen LogP contribution in [0.2, 0.25) is 0 Å². The van der Waals surface area contributed by atoms with Crippen molar-refractivity contribution in [2.75, 3.05) is 11.5 Å². The molecule has 0 unspecified atom stereocenters. The van der Waals surface area contributed by atoms with Crippen molar-refractivity contribution in [3.63, 3.8) is 0 Å². The van der Waals surface area contributed by atoms with Gasteiger partial charge in [-0.05, 0) is 43.2 Å². The third-order valence-corrected chi connectivity index (χ3v) is 6.43. The average Bonchev–Trinajstić information content (AvgIpc) is 2.88. The van der Waals surface area contributed by atoms with E-state index in [2.05, 4.69) is 9.97 Å². The maximum Gasteiger partial charge on any atom is 0.339 e. The maximum atomic E-state index is 13.7. The number of nitrogens with zero attached hydrogens (tertiary/aromatic N) is 3. The number of anilines is 3. The Morgan fingerprint density at radius 3 is 2.27 bits per heavy atom. The van der Waals surface area contributed by atoms with Crippen LogP contribution in [0.15, 0.2) is 67.7 Å². The summed E-state index contributed by atoms with van der Waals surface area (Å²) in [5, 5.41) is 9.27. The number of fused-ring (bicyclic) bond motifs is 2. The predicted molar refractivity (Wildman–Crippen MR) is 136 cm³/mol. The molecule has 0 amide bonds. The van der Waals surface area contributed by atoms with Gasteiger partial charge in [0.05, 0.1) is 11.1 Å². The molecule has 3 N–H and O–H groups in total. The Hall–Kier alpha value is -4.77. The van der Waals surface area contributed by atoms with Gasteiger partial charge in [0.25, 0.3) is 17.0 Å². The highest BCUT2D eigenvalue weighted by Crippen LogP contribution is 2.39. The summed E-state index contributed by atoms with van der Waals surface area (Å²) < 4.78 is 1.73. The largest absolute Gasteiger partial charge is 0.396 e. The molecule has 0 aliphatic carbocycles. The summed E-state index contributed by atoms with van der Waals surface area (Å²) in [5.74, 6) is -0.675. The number of hydrogen-bond donors (Lipinski definition) is 3. The van der Waals surface area contributed by atoms with E-state index in [1.54, 1.807) is 48.5 Å². The van der Waals surface area contributed by atoms with Crippen molar-refractivity contribution < 1.29 is 9.90 Å². The fourth-order valence-electron chi connectivity index (χ4n) is 4.49. The van der Waals surface area contributed by atoms with Crippen LogP contribution in [0.3, 0.4) is 0 Å². The third kappa shape index (κ3) is 3.95. The summed E-state index contributed by atoms with van der Waals surface area (Å²) in [6.45, 7) is 1.81. The van der Waals surface area contributed by atoms with Crippen molar-refractivity contribution in [3.05, 3.63) is 118 Å². The molecule has 0 fully saturated rings. The first-order valence-corrected chi connectivity index (χ1v) is 11.5. The molecular weight excluding hydrogens is 478 g/mol. The molecule has 37 heavy (non-hydrogen) atoms. The third-order valence-electron chi connectivity index (χ3n) is 6.43. The number of hydrogen-bond acceptors (Lipinski definition) is 7. The molecule has 1 aliphatic rings. The van der Waals surface area contributed by atoms with Crippen LogP contribution in [-0.2, 0) is 19.9 Å². The van der Waals surface area contributed by atoms with Crippen molar-refractivity contribution in [1.82, 2.24) is 19.1 Å². The molecule has 1 aliphatic heterocycles. The second-order valence-corrected chi connectivity index (χ2v) is 8.84. The molecule has 2 aromatic carbocycles. The molecule has 0 saturated carbocycles. The van der Waals surface area contributed by atoms with Crippen molar-refractivity contribution >= 4 is 23.2 Å². The highest BCUT2D eigenvalue weighted by Gasteiger charge is 2.35. The fraction of sp³-hybridized carbons (Fsp3) is 0.192. The van der Waals surface area contributed by atoms with E-state index in [0.717, 1.165) is 20.3 Å². The molecule has 0 atom stereocenters. The highest BCUT2D eigenvalue weighted by molar-refractivity contribution is 5.99. The van der Waals surface area contributed by atoms with Crippen LogP contribution in [0.25, 0.3) is 0 Å². The molecule has 188 valence electrons. The zero-order valence-corrected chi connectivity index (χ0v) is 20.1.